The van der Waals surface area contributed by atoms with Gasteiger partial charge in [-0.2, -0.15) is 5.10 Å². The van der Waals surface area contributed by atoms with Gasteiger partial charge in [-0.05, 0) is 31.4 Å². The molecular weight excluding hydrogens is 250 g/mol. The molecule has 3 rings (SSSR count). The van der Waals surface area contributed by atoms with E-state index in [0.29, 0.717) is 6.54 Å². The maximum absolute atomic E-state index is 12.2. The van der Waals surface area contributed by atoms with Crippen LogP contribution in [0.4, 0.5) is 0 Å². The summed E-state index contributed by atoms with van der Waals surface area (Å²) < 4.78 is 1.68. The average molecular weight is 269 g/mol. The number of hydrogen-bond donors (Lipinski definition) is 1. The summed E-state index contributed by atoms with van der Waals surface area (Å²) in [7, 11) is 0. The molecule has 0 spiro atoms. The highest BCUT2D eigenvalue weighted by Crippen LogP contribution is 2.47. The van der Waals surface area contributed by atoms with Gasteiger partial charge in [-0.15, -0.1) is 0 Å². The third-order valence-corrected chi connectivity index (χ3v) is 4.14. The number of nitrogens with zero attached hydrogens (tertiary/aromatic N) is 2. The maximum atomic E-state index is 12.2. The Morgan fingerprint density at radius 3 is 2.70 bits per heavy atom. The van der Waals surface area contributed by atoms with Crippen molar-refractivity contribution in [2.24, 2.45) is 0 Å². The number of benzene rings is 1. The molecule has 1 aliphatic rings. The van der Waals surface area contributed by atoms with Crippen molar-refractivity contribution >= 4 is 5.91 Å². The van der Waals surface area contributed by atoms with Crippen molar-refractivity contribution in [1.82, 2.24) is 15.1 Å². The first-order valence-electron chi connectivity index (χ1n) is 7.04. The van der Waals surface area contributed by atoms with Gasteiger partial charge in [0.2, 0.25) is 5.91 Å². The molecule has 20 heavy (non-hydrogen) atoms. The van der Waals surface area contributed by atoms with Crippen LogP contribution in [0, 0.1) is 0 Å². The van der Waals surface area contributed by atoms with E-state index in [-0.39, 0.29) is 17.4 Å². The molecule has 0 unspecified atom stereocenters. The lowest BCUT2D eigenvalue weighted by atomic mass is 9.96. The van der Waals surface area contributed by atoms with Crippen LogP contribution in [0.5, 0.6) is 0 Å². The Bertz CT molecular complexity index is 573. The molecule has 0 radical (unpaired) electrons. The summed E-state index contributed by atoms with van der Waals surface area (Å²) in [5.41, 5.74) is 1.48. The summed E-state index contributed by atoms with van der Waals surface area (Å²) in [5.74, 6) is 0.0240. The number of carbonyl (C=O) groups is 1. The Labute approximate surface area is 118 Å². The highest BCUT2D eigenvalue weighted by molar-refractivity contribution is 5.79. The molecule has 1 amide bonds. The fourth-order valence-corrected chi connectivity index (χ4v) is 2.54. The van der Waals surface area contributed by atoms with Crippen LogP contribution in [-0.2, 0) is 10.2 Å². The molecule has 2 aromatic rings. The van der Waals surface area contributed by atoms with E-state index in [1.54, 1.807) is 10.9 Å². The van der Waals surface area contributed by atoms with Crippen LogP contribution >= 0.6 is 0 Å². The van der Waals surface area contributed by atoms with Crippen molar-refractivity contribution < 1.29 is 4.79 Å². The summed E-state index contributed by atoms with van der Waals surface area (Å²) in [5, 5.41) is 7.18. The molecule has 104 valence electrons. The minimum Gasteiger partial charge on any atom is -0.353 e. The number of nitrogens with one attached hydrogen (secondary N) is 1. The quantitative estimate of drug-likeness (QED) is 0.905. The molecule has 1 aromatic carbocycles. The molecule has 1 atom stereocenters. The number of aromatic nitrogens is 2. The molecule has 1 aliphatic carbocycles. The van der Waals surface area contributed by atoms with Crippen LogP contribution in [0.25, 0.3) is 0 Å². The minimum absolute atomic E-state index is 0.0240. The average Bonchev–Trinajstić information content (AvgIpc) is 3.09. The van der Waals surface area contributed by atoms with Gasteiger partial charge in [-0.3, -0.25) is 9.48 Å². The standard InChI is InChI=1S/C16H19N3O/c1-13(19-11-5-10-18-19)15(20)17-12-16(8-9-16)14-6-3-2-4-7-14/h2-7,10-11,13H,8-9,12H2,1H3,(H,17,20)/t13-/m1/s1. The van der Waals surface area contributed by atoms with Gasteiger partial charge >= 0.3 is 0 Å². The van der Waals surface area contributed by atoms with Crippen molar-refractivity contribution in [3.63, 3.8) is 0 Å². The van der Waals surface area contributed by atoms with Crippen LogP contribution in [-0.4, -0.2) is 22.2 Å². The van der Waals surface area contributed by atoms with E-state index in [1.807, 2.05) is 25.3 Å². The summed E-state index contributed by atoms with van der Waals surface area (Å²) in [4.78, 5) is 12.2. The zero-order valence-corrected chi connectivity index (χ0v) is 11.6. The fraction of sp³-hybridized carbons (Fsp3) is 0.375. The van der Waals surface area contributed by atoms with E-state index < -0.39 is 0 Å². The maximum Gasteiger partial charge on any atom is 0.244 e. The molecule has 1 heterocycles. The van der Waals surface area contributed by atoms with E-state index in [9.17, 15) is 4.79 Å². The predicted octanol–water partition coefficient (Wildman–Crippen LogP) is 2.29. The topological polar surface area (TPSA) is 46.9 Å². The van der Waals surface area contributed by atoms with Gasteiger partial charge in [0.1, 0.15) is 6.04 Å². The van der Waals surface area contributed by atoms with Crippen LogP contribution in [0.15, 0.2) is 48.8 Å². The minimum atomic E-state index is -0.267. The number of carbonyl (C=O) groups excluding carboxylic acids is 1. The zero-order valence-electron chi connectivity index (χ0n) is 11.6. The lowest BCUT2D eigenvalue weighted by Crippen LogP contribution is -2.36. The van der Waals surface area contributed by atoms with Crippen molar-refractivity contribution in [2.75, 3.05) is 6.54 Å². The molecule has 0 bridgehead atoms. The largest absolute Gasteiger partial charge is 0.353 e. The second kappa shape index (κ2) is 5.12. The number of amides is 1. The van der Waals surface area contributed by atoms with Gasteiger partial charge < -0.3 is 5.32 Å². The highest BCUT2D eigenvalue weighted by atomic mass is 16.2. The van der Waals surface area contributed by atoms with Crippen LogP contribution in [0.2, 0.25) is 0 Å². The van der Waals surface area contributed by atoms with E-state index >= 15 is 0 Å². The Kier molecular flexibility index (Phi) is 3.30. The molecular formula is C16H19N3O. The lowest BCUT2D eigenvalue weighted by Gasteiger charge is -2.19. The third kappa shape index (κ3) is 2.46. The van der Waals surface area contributed by atoms with Gasteiger partial charge in [-0.25, -0.2) is 0 Å². The predicted molar refractivity (Wildman–Crippen MR) is 77.3 cm³/mol. The smallest absolute Gasteiger partial charge is 0.244 e. The lowest BCUT2D eigenvalue weighted by molar-refractivity contribution is -0.124. The van der Waals surface area contributed by atoms with Gasteiger partial charge in [0.25, 0.3) is 0 Å². The Morgan fingerprint density at radius 2 is 2.10 bits per heavy atom. The first-order valence-corrected chi connectivity index (χ1v) is 7.04. The second-order valence-corrected chi connectivity index (χ2v) is 5.53. The molecule has 0 saturated heterocycles. The van der Waals surface area contributed by atoms with Gasteiger partial charge in [0.05, 0.1) is 0 Å². The first-order chi connectivity index (χ1) is 9.71. The molecule has 1 aromatic heterocycles. The fourth-order valence-electron chi connectivity index (χ4n) is 2.54. The normalized spacial score (nSPS) is 17.4. The van der Waals surface area contributed by atoms with E-state index in [2.05, 4.69) is 34.7 Å². The van der Waals surface area contributed by atoms with E-state index in [0.717, 1.165) is 12.8 Å². The monoisotopic (exact) mass is 269 g/mol. The zero-order chi connectivity index (χ0) is 14.0. The van der Waals surface area contributed by atoms with Gasteiger partial charge in [0.15, 0.2) is 0 Å². The summed E-state index contributed by atoms with van der Waals surface area (Å²) in [6.07, 6.45) is 5.80. The Hall–Kier alpha value is -2.10. The van der Waals surface area contributed by atoms with Gasteiger partial charge in [-0.1, -0.05) is 30.3 Å². The molecule has 0 aliphatic heterocycles. The first kappa shape index (κ1) is 12.9. The van der Waals surface area contributed by atoms with Crippen LogP contribution < -0.4 is 5.32 Å². The third-order valence-electron chi connectivity index (χ3n) is 4.14. The number of rotatable bonds is 5. The molecule has 4 heteroatoms. The summed E-state index contributed by atoms with van der Waals surface area (Å²) in [6.45, 7) is 2.58. The van der Waals surface area contributed by atoms with Crippen molar-refractivity contribution in [2.45, 2.75) is 31.2 Å². The highest BCUT2D eigenvalue weighted by Gasteiger charge is 2.44. The molecule has 1 N–H and O–H groups in total. The van der Waals surface area contributed by atoms with Crippen molar-refractivity contribution in [1.29, 1.82) is 0 Å². The summed E-state index contributed by atoms with van der Waals surface area (Å²) >= 11 is 0. The number of hydrogen-bond acceptors (Lipinski definition) is 2. The second-order valence-electron chi connectivity index (χ2n) is 5.53. The molecule has 4 nitrogen and oxygen atoms in total. The van der Waals surface area contributed by atoms with Crippen molar-refractivity contribution in [3.8, 4) is 0 Å². The summed E-state index contributed by atoms with van der Waals surface area (Å²) in [6, 6.07) is 12.0. The molecule has 1 saturated carbocycles. The molecule has 1 fully saturated rings. The Balaban J connectivity index is 1.61. The van der Waals surface area contributed by atoms with Crippen LogP contribution in [0.1, 0.15) is 31.4 Å². The van der Waals surface area contributed by atoms with Crippen molar-refractivity contribution in [3.05, 3.63) is 54.4 Å². The SMILES string of the molecule is C[C@H](C(=O)NCC1(c2ccccc2)CC1)n1cccn1. The van der Waals surface area contributed by atoms with E-state index in [1.165, 1.54) is 5.56 Å². The van der Waals surface area contributed by atoms with Gasteiger partial charge in [0, 0.05) is 24.4 Å². The Morgan fingerprint density at radius 1 is 1.35 bits per heavy atom. The van der Waals surface area contributed by atoms with Crippen LogP contribution in [0.3, 0.4) is 0 Å². The van der Waals surface area contributed by atoms with E-state index in [4.69, 9.17) is 0 Å².